The molecule has 0 aliphatic carbocycles. The zero-order valence-electron chi connectivity index (χ0n) is 10.3. The lowest BCUT2D eigenvalue weighted by atomic mass is 10.2. The Bertz CT molecular complexity index is 514. The third kappa shape index (κ3) is 3.10. The molecule has 2 aromatic rings. The molecule has 94 valence electrons. The maximum absolute atomic E-state index is 11.7. The maximum atomic E-state index is 11.7. The zero-order valence-corrected chi connectivity index (χ0v) is 10.3. The second-order valence-electron chi connectivity index (χ2n) is 4.13. The van der Waals surface area contributed by atoms with Gasteiger partial charge in [-0.15, -0.1) is 0 Å². The molecule has 1 aromatic carbocycles. The van der Waals surface area contributed by atoms with Gasteiger partial charge in [0.05, 0.1) is 11.4 Å². The molecule has 18 heavy (non-hydrogen) atoms. The summed E-state index contributed by atoms with van der Waals surface area (Å²) in [5, 5.41) is 6.97. The molecule has 1 aromatic heterocycles. The standard InChI is InChI=1S/C13H16N4O/c1-10-12(14)8-17(16-10)9-13(18)15-7-11-5-3-2-4-6-11/h2-6,8H,7,9,14H2,1H3,(H,15,18). The maximum Gasteiger partial charge on any atom is 0.241 e. The van der Waals surface area contributed by atoms with Gasteiger partial charge in [-0.2, -0.15) is 5.10 Å². The largest absolute Gasteiger partial charge is 0.396 e. The molecule has 0 aliphatic rings. The fourth-order valence-corrected chi connectivity index (χ4v) is 1.61. The van der Waals surface area contributed by atoms with Crippen molar-refractivity contribution in [2.45, 2.75) is 20.0 Å². The molecule has 0 radical (unpaired) electrons. The molecule has 0 saturated carbocycles. The number of nitrogen functional groups attached to an aromatic ring is 1. The summed E-state index contributed by atoms with van der Waals surface area (Å²) in [6.07, 6.45) is 1.66. The molecule has 0 aliphatic heterocycles. The van der Waals surface area contributed by atoms with Crippen molar-refractivity contribution in [2.75, 3.05) is 5.73 Å². The number of aromatic nitrogens is 2. The Morgan fingerprint density at radius 3 is 2.72 bits per heavy atom. The number of nitrogens with two attached hydrogens (primary N) is 1. The summed E-state index contributed by atoms with van der Waals surface area (Å²) in [6, 6.07) is 9.77. The predicted molar refractivity (Wildman–Crippen MR) is 69.7 cm³/mol. The molecule has 1 amide bonds. The Balaban J connectivity index is 1.86. The first-order chi connectivity index (χ1) is 8.65. The molecule has 0 bridgehead atoms. The van der Waals surface area contributed by atoms with Gasteiger partial charge in [0.15, 0.2) is 0 Å². The number of anilines is 1. The van der Waals surface area contributed by atoms with Gasteiger partial charge in [-0.05, 0) is 12.5 Å². The lowest BCUT2D eigenvalue weighted by molar-refractivity contribution is -0.122. The quantitative estimate of drug-likeness (QED) is 0.845. The molecule has 2 rings (SSSR count). The summed E-state index contributed by atoms with van der Waals surface area (Å²) < 4.78 is 1.55. The Morgan fingerprint density at radius 1 is 1.39 bits per heavy atom. The molecule has 0 unspecified atom stereocenters. The van der Waals surface area contributed by atoms with Crippen molar-refractivity contribution >= 4 is 11.6 Å². The number of nitrogens with one attached hydrogen (secondary N) is 1. The van der Waals surface area contributed by atoms with Crippen molar-refractivity contribution in [3.8, 4) is 0 Å². The van der Waals surface area contributed by atoms with Crippen LogP contribution in [0.2, 0.25) is 0 Å². The zero-order chi connectivity index (χ0) is 13.0. The van der Waals surface area contributed by atoms with Crippen LogP contribution in [0, 0.1) is 6.92 Å². The smallest absolute Gasteiger partial charge is 0.241 e. The third-order valence-corrected chi connectivity index (χ3v) is 2.62. The van der Waals surface area contributed by atoms with Crippen LogP contribution in [0.3, 0.4) is 0 Å². The number of hydrogen-bond acceptors (Lipinski definition) is 3. The SMILES string of the molecule is Cc1nn(CC(=O)NCc2ccccc2)cc1N. The Hall–Kier alpha value is -2.30. The third-order valence-electron chi connectivity index (χ3n) is 2.62. The second kappa shape index (κ2) is 5.35. The van der Waals surface area contributed by atoms with Gasteiger partial charge in [0, 0.05) is 12.7 Å². The van der Waals surface area contributed by atoms with E-state index in [0.29, 0.717) is 12.2 Å². The van der Waals surface area contributed by atoms with E-state index in [0.717, 1.165) is 11.3 Å². The van der Waals surface area contributed by atoms with Gasteiger partial charge in [0.25, 0.3) is 0 Å². The first-order valence-corrected chi connectivity index (χ1v) is 5.75. The average Bonchev–Trinajstić information content (AvgIpc) is 2.67. The van der Waals surface area contributed by atoms with Crippen LogP contribution in [-0.4, -0.2) is 15.7 Å². The normalized spacial score (nSPS) is 10.3. The highest BCUT2D eigenvalue weighted by Crippen LogP contribution is 2.06. The van der Waals surface area contributed by atoms with E-state index in [2.05, 4.69) is 10.4 Å². The minimum Gasteiger partial charge on any atom is -0.396 e. The fraction of sp³-hybridized carbons (Fsp3) is 0.231. The first-order valence-electron chi connectivity index (χ1n) is 5.75. The van der Waals surface area contributed by atoms with Crippen LogP contribution in [0.1, 0.15) is 11.3 Å². The lowest BCUT2D eigenvalue weighted by Crippen LogP contribution is -2.27. The highest BCUT2D eigenvalue weighted by atomic mass is 16.2. The van der Waals surface area contributed by atoms with Gasteiger partial charge in [0.2, 0.25) is 5.91 Å². The molecule has 1 heterocycles. The minimum atomic E-state index is -0.0821. The first kappa shape index (κ1) is 12.2. The summed E-state index contributed by atoms with van der Waals surface area (Å²) >= 11 is 0. The number of aryl methyl sites for hydroxylation is 1. The van der Waals surface area contributed by atoms with E-state index in [1.807, 2.05) is 37.3 Å². The van der Waals surface area contributed by atoms with Gasteiger partial charge in [-0.25, -0.2) is 0 Å². The van der Waals surface area contributed by atoms with E-state index >= 15 is 0 Å². The number of nitrogens with zero attached hydrogens (tertiary/aromatic N) is 2. The van der Waals surface area contributed by atoms with E-state index in [1.165, 1.54) is 0 Å². The summed E-state index contributed by atoms with van der Waals surface area (Å²) in [6.45, 7) is 2.52. The minimum absolute atomic E-state index is 0.0821. The Kier molecular flexibility index (Phi) is 3.62. The molecule has 0 atom stereocenters. The van der Waals surface area contributed by atoms with Crippen LogP contribution in [0.4, 0.5) is 5.69 Å². The van der Waals surface area contributed by atoms with Crippen molar-refractivity contribution in [3.63, 3.8) is 0 Å². The van der Waals surface area contributed by atoms with E-state index < -0.39 is 0 Å². The summed E-state index contributed by atoms with van der Waals surface area (Å²) in [5.74, 6) is -0.0821. The summed E-state index contributed by atoms with van der Waals surface area (Å²) in [4.78, 5) is 11.7. The molecule has 5 heteroatoms. The molecular formula is C13H16N4O. The number of hydrogen-bond donors (Lipinski definition) is 2. The van der Waals surface area contributed by atoms with E-state index in [4.69, 9.17) is 5.73 Å². The van der Waals surface area contributed by atoms with Crippen LogP contribution >= 0.6 is 0 Å². The number of carbonyl (C=O) groups excluding carboxylic acids is 1. The van der Waals surface area contributed by atoms with Crippen LogP contribution in [0.25, 0.3) is 0 Å². The molecule has 0 spiro atoms. The van der Waals surface area contributed by atoms with Gasteiger partial charge in [0.1, 0.15) is 6.54 Å². The second-order valence-corrected chi connectivity index (χ2v) is 4.13. The van der Waals surface area contributed by atoms with Crippen molar-refractivity contribution in [3.05, 3.63) is 47.8 Å². The number of benzene rings is 1. The van der Waals surface area contributed by atoms with Crippen molar-refractivity contribution < 1.29 is 4.79 Å². The number of carbonyl (C=O) groups is 1. The van der Waals surface area contributed by atoms with Crippen LogP contribution in [0.15, 0.2) is 36.5 Å². The molecule has 0 fully saturated rings. The molecular weight excluding hydrogens is 228 g/mol. The molecule has 0 saturated heterocycles. The van der Waals surface area contributed by atoms with Gasteiger partial charge < -0.3 is 11.1 Å². The van der Waals surface area contributed by atoms with Gasteiger partial charge >= 0.3 is 0 Å². The topological polar surface area (TPSA) is 72.9 Å². The molecule has 3 N–H and O–H groups in total. The van der Waals surface area contributed by atoms with E-state index in [-0.39, 0.29) is 12.5 Å². The van der Waals surface area contributed by atoms with Crippen molar-refractivity contribution in [1.29, 1.82) is 0 Å². The lowest BCUT2D eigenvalue weighted by Gasteiger charge is -2.05. The Morgan fingerprint density at radius 2 is 2.11 bits per heavy atom. The van der Waals surface area contributed by atoms with Crippen LogP contribution in [-0.2, 0) is 17.9 Å². The number of amides is 1. The summed E-state index contributed by atoms with van der Waals surface area (Å²) in [5.41, 5.74) is 8.08. The van der Waals surface area contributed by atoms with Gasteiger partial charge in [-0.1, -0.05) is 30.3 Å². The van der Waals surface area contributed by atoms with E-state index in [1.54, 1.807) is 10.9 Å². The van der Waals surface area contributed by atoms with Crippen LogP contribution in [0.5, 0.6) is 0 Å². The number of rotatable bonds is 4. The Labute approximate surface area is 106 Å². The average molecular weight is 244 g/mol. The molecule has 5 nitrogen and oxygen atoms in total. The highest BCUT2D eigenvalue weighted by molar-refractivity contribution is 5.75. The van der Waals surface area contributed by atoms with Gasteiger partial charge in [-0.3, -0.25) is 9.48 Å². The highest BCUT2D eigenvalue weighted by Gasteiger charge is 2.05. The van der Waals surface area contributed by atoms with E-state index in [9.17, 15) is 4.79 Å². The predicted octanol–water partition coefficient (Wildman–Crippen LogP) is 1.09. The summed E-state index contributed by atoms with van der Waals surface area (Å²) in [7, 11) is 0. The monoisotopic (exact) mass is 244 g/mol. The van der Waals surface area contributed by atoms with Crippen molar-refractivity contribution in [2.24, 2.45) is 0 Å². The van der Waals surface area contributed by atoms with Crippen LogP contribution < -0.4 is 11.1 Å². The fourth-order valence-electron chi connectivity index (χ4n) is 1.61. The van der Waals surface area contributed by atoms with Crippen molar-refractivity contribution in [1.82, 2.24) is 15.1 Å².